The van der Waals surface area contributed by atoms with Crippen LogP contribution in [0, 0.1) is 17.8 Å². The van der Waals surface area contributed by atoms with Gasteiger partial charge in [-0.1, -0.05) is 13.8 Å². The first-order chi connectivity index (χ1) is 6.46. The van der Waals surface area contributed by atoms with Gasteiger partial charge in [0, 0.05) is 7.11 Å². The van der Waals surface area contributed by atoms with Crippen LogP contribution in [0.1, 0.15) is 39.5 Å². The summed E-state index contributed by atoms with van der Waals surface area (Å²) < 4.78 is 5.33. The van der Waals surface area contributed by atoms with Crippen molar-refractivity contribution in [3.63, 3.8) is 0 Å². The van der Waals surface area contributed by atoms with Crippen molar-refractivity contribution < 1.29 is 9.53 Å². The van der Waals surface area contributed by atoms with Crippen molar-refractivity contribution in [3.05, 3.63) is 0 Å². The van der Waals surface area contributed by atoms with Gasteiger partial charge in [0.15, 0.2) is 0 Å². The molecule has 2 heteroatoms. The molecule has 0 amide bonds. The van der Waals surface area contributed by atoms with Crippen LogP contribution >= 0.6 is 0 Å². The second-order valence-electron chi connectivity index (χ2n) is 4.84. The molecule has 1 aliphatic rings. The molecule has 0 aromatic rings. The summed E-state index contributed by atoms with van der Waals surface area (Å²) in [5, 5.41) is 0. The zero-order chi connectivity index (χ0) is 10.8. The minimum absolute atomic E-state index is 0.199. The third-order valence-electron chi connectivity index (χ3n) is 3.35. The van der Waals surface area contributed by atoms with Gasteiger partial charge in [-0.25, -0.2) is 0 Å². The number of ether oxygens (including phenoxy) is 1. The lowest BCUT2D eigenvalue weighted by Gasteiger charge is -2.40. The highest BCUT2D eigenvalue weighted by Crippen LogP contribution is 2.42. The summed E-state index contributed by atoms with van der Waals surface area (Å²) in [6.45, 7) is 4.43. The maximum Gasteiger partial charge on any atom is 0.236 e. The average molecular weight is 194 g/mol. The Morgan fingerprint density at radius 3 is 2.14 bits per heavy atom. The van der Waals surface area contributed by atoms with Crippen LogP contribution in [-0.2, 0) is 9.53 Å². The molecule has 78 valence electrons. The summed E-state index contributed by atoms with van der Waals surface area (Å²) >= 11 is 0. The second-order valence-corrected chi connectivity index (χ2v) is 4.84. The van der Waals surface area contributed by atoms with E-state index < -0.39 is 5.60 Å². The lowest BCUT2D eigenvalue weighted by atomic mass is 9.69. The molecule has 1 rings (SSSR count). The van der Waals surface area contributed by atoms with Crippen LogP contribution in [0.5, 0.6) is 0 Å². The topological polar surface area (TPSA) is 26.3 Å². The minimum atomic E-state index is -0.690. The molecule has 0 saturated heterocycles. The van der Waals surface area contributed by atoms with E-state index >= 15 is 0 Å². The van der Waals surface area contributed by atoms with Gasteiger partial charge >= 0.3 is 0 Å². The molecule has 1 fully saturated rings. The van der Waals surface area contributed by atoms with Gasteiger partial charge in [-0.2, -0.15) is 0 Å². The standard InChI is InChI=1S/C12H18O2/c1-5-10(13)12(14-4)8-6-11(2,3)7-9-12/h1H,6-9H2,2-4H3. The summed E-state index contributed by atoms with van der Waals surface area (Å²) in [6.07, 6.45) is 8.64. The third kappa shape index (κ3) is 1.99. The van der Waals surface area contributed by atoms with Gasteiger partial charge in [-0.15, -0.1) is 6.42 Å². The fourth-order valence-electron chi connectivity index (χ4n) is 1.99. The van der Waals surface area contributed by atoms with Crippen molar-refractivity contribution in [2.45, 2.75) is 45.1 Å². The van der Waals surface area contributed by atoms with Crippen molar-refractivity contribution >= 4 is 5.78 Å². The van der Waals surface area contributed by atoms with Crippen LogP contribution < -0.4 is 0 Å². The van der Waals surface area contributed by atoms with E-state index in [1.807, 2.05) is 0 Å². The van der Waals surface area contributed by atoms with E-state index in [0.29, 0.717) is 5.41 Å². The molecule has 0 spiro atoms. The number of carbonyl (C=O) groups excluding carboxylic acids is 1. The molecule has 0 aromatic heterocycles. The van der Waals surface area contributed by atoms with Gasteiger partial charge in [0.2, 0.25) is 5.78 Å². The fraction of sp³-hybridized carbons (Fsp3) is 0.750. The summed E-state index contributed by atoms with van der Waals surface area (Å²) in [5.74, 6) is 1.99. The second kappa shape index (κ2) is 3.74. The van der Waals surface area contributed by atoms with Crippen molar-refractivity contribution in [2.24, 2.45) is 5.41 Å². The van der Waals surface area contributed by atoms with Gasteiger partial charge in [-0.05, 0) is 37.0 Å². The summed E-state index contributed by atoms with van der Waals surface area (Å²) in [4.78, 5) is 11.6. The van der Waals surface area contributed by atoms with E-state index in [1.165, 1.54) is 0 Å². The number of hydrogen-bond acceptors (Lipinski definition) is 2. The lowest BCUT2D eigenvalue weighted by Crippen LogP contribution is -2.45. The zero-order valence-electron chi connectivity index (χ0n) is 9.22. The Morgan fingerprint density at radius 2 is 1.79 bits per heavy atom. The first-order valence-electron chi connectivity index (χ1n) is 5.02. The number of ketones is 1. The number of carbonyl (C=O) groups is 1. The molecule has 1 aliphatic carbocycles. The molecule has 0 aliphatic heterocycles. The van der Waals surface area contributed by atoms with Crippen LogP contribution in [0.2, 0.25) is 0 Å². The SMILES string of the molecule is C#CC(=O)C1(OC)CCC(C)(C)CC1. The lowest BCUT2D eigenvalue weighted by molar-refractivity contribution is -0.141. The molecule has 0 radical (unpaired) electrons. The molecule has 0 N–H and O–H groups in total. The molecule has 0 aromatic carbocycles. The van der Waals surface area contributed by atoms with Gasteiger partial charge in [0.25, 0.3) is 0 Å². The maximum atomic E-state index is 11.6. The third-order valence-corrected chi connectivity index (χ3v) is 3.35. The molecular formula is C12H18O2. The van der Waals surface area contributed by atoms with E-state index in [2.05, 4.69) is 19.8 Å². The average Bonchev–Trinajstić information content (AvgIpc) is 2.18. The Balaban J connectivity index is 2.77. The van der Waals surface area contributed by atoms with E-state index in [4.69, 9.17) is 11.2 Å². The highest BCUT2D eigenvalue weighted by atomic mass is 16.5. The largest absolute Gasteiger partial charge is 0.369 e. The molecule has 1 saturated carbocycles. The number of terminal acetylenes is 1. The fourth-order valence-corrected chi connectivity index (χ4v) is 1.99. The van der Waals surface area contributed by atoms with Gasteiger partial charge < -0.3 is 4.74 Å². The monoisotopic (exact) mass is 194 g/mol. The minimum Gasteiger partial charge on any atom is -0.369 e. The van der Waals surface area contributed by atoms with Gasteiger partial charge in [-0.3, -0.25) is 4.79 Å². The van der Waals surface area contributed by atoms with E-state index in [-0.39, 0.29) is 5.78 Å². The summed E-state index contributed by atoms with van der Waals surface area (Å²) in [7, 11) is 1.58. The molecule has 14 heavy (non-hydrogen) atoms. The number of hydrogen-bond donors (Lipinski definition) is 0. The van der Waals surface area contributed by atoms with Crippen molar-refractivity contribution in [1.29, 1.82) is 0 Å². The van der Waals surface area contributed by atoms with Crippen molar-refractivity contribution in [3.8, 4) is 12.3 Å². The summed E-state index contributed by atoms with van der Waals surface area (Å²) in [5.41, 5.74) is -0.374. The first kappa shape index (κ1) is 11.3. The molecular weight excluding hydrogens is 176 g/mol. The highest BCUT2D eigenvalue weighted by Gasteiger charge is 2.43. The predicted octanol–water partition coefficient (Wildman–Crippen LogP) is 2.17. The van der Waals surface area contributed by atoms with Gasteiger partial charge in [0.05, 0.1) is 0 Å². The van der Waals surface area contributed by atoms with Crippen LogP contribution in [0.15, 0.2) is 0 Å². The van der Waals surface area contributed by atoms with Crippen LogP contribution in [0.4, 0.5) is 0 Å². The predicted molar refractivity (Wildman–Crippen MR) is 55.8 cm³/mol. The van der Waals surface area contributed by atoms with Crippen molar-refractivity contribution in [2.75, 3.05) is 7.11 Å². The normalized spacial score (nSPS) is 23.9. The van der Waals surface area contributed by atoms with Crippen LogP contribution in [0.3, 0.4) is 0 Å². The Kier molecular flexibility index (Phi) is 3.01. The van der Waals surface area contributed by atoms with Crippen molar-refractivity contribution in [1.82, 2.24) is 0 Å². The molecule has 0 atom stereocenters. The molecule has 0 bridgehead atoms. The number of rotatable bonds is 2. The quantitative estimate of drug-likeness (QED) is 0.497. The molecule has 2 nitrogen and oxygen atoms in total. The van der Waals surface area contributed by atoms with E-state index in [9.17, 15) is 4.79 Å². The highest BCUT2D eigenvalue weighted by molar-refractivity contribution is 6.01. The van der Waals surface area contributed by atoms with Crippen LogP contribution in [-0.4, -0.2) is 18.5 Å². The Bertz CT molecular complexity index is 261. The molecule has 0 unspecified atom stereocenters. The van der Waals surface area contributed by atoms with E-state index in [1.54, 1.807) is 7.11 Å². The number of methoxy groups -OCH3 is 1. The summed E-state index contributed by atoms with van der Waals surface area (Å²) in [6, 6.07) is 0. The maximum absolute atomic E-state index is 11.6. The van der Waals surface area contributed by atoms with Gasteiger partial charge in [0.1, 0.15) is 5.60 Å². The smallest absolute Gasteiger partial charge is 0.236 e. The number of Topliss-reactive ketones (excluding diaryl/α,β-unsaturated/α-hetero) is 1. The Morgan fingerprint density at radius 1 is 1.29 bits per heavy atom. The van der Waals surface area contributed by atoms with Crippen LogP contribution in [0.25, 0.3) is 0 Å². The Hall–Kier alpha value is -0.810. The first-order valence-corrected chi connectivity index (χ1v) is 5.02. The zero-order valence-corrected chi connectivity index (χ0v) is 9.22. The Labute approximate surface area is 86.0 Å². The van der Waals surface area contributed by atoms with E-state index in [0.717, 1.165) is 25.7 Å². The molecule has 0 heterocycles.